The van der Waals surface area contributed by atoms with Crippen LogP contribution in [0.1, 0.15) is 46.5 Å². The summed E-state index contributed by atoms with van der Waals surface area (Å²) in [5.41, 5.74) is 0. The third-order valence-corrected chi connectivity index (χ3v) is 2.72. The van der Waals surface area contributed by atoms with Gasteiger partial charge in [-0.15, -0.1) is 0 Å². The Morgan fingerprint density at radius 1 is 1.07 bits per heavy atom. The second-order valence-corrected chi connectivity index (χ2v) is 4.15. The van der Waals surface area contributed by atoms with Gasteiger partial charge >= 0.3 is 0 Å². The first-order chi connectivity index (χ1) is 6.76. The zero-order valence-electron chi connectivity index (χ0n) is 10.5. The maximum atomic E-state index is 3.26. The van der Waals surface area contributed by atoms with Crippen LogP contribution in [-0.2, 0) is 0 Å². The number of likely N-dealkylation sites (N-methyl/N-ethyl adjacent to an activating group) is 1. The number of nitrogens with one attached hydrogen (secondary N) is 1. The first kappa shape index (κ1) is 13.9. The van der Waals surface area contributed by atoms with E-state index in [-0.39, 0.29) is 0 Å². The molecule has 1 N–H and O–H groups in total. The van der Waals surface area contributed by atoms with Crippen molar-refractivity contribution in [2.24, 2.45) is 0 Å². The SMILES string of the molecule is CCCCN(CCCC)C(C)CNC. The molecule has 0 aromatic heterocycles. The minimum atomic E-state index is 0.679. The Morgan fingerprint density at radius 2 is 1.57 bits per heavy atom. The summed E-state index contributed by atoms with van der Waals surface area (Å²) >= 11 is 0. The van der Waals surface area contributed by atoms with Gasteiger partial charge in [-0.3, -0.25) is 4.90 Å². The molecule has 0 aliphatic rings. The third kappa shape index (κ3) is 6.39. The van der Waals surface area contributed by atoms with Crippen molar-refractivity contribution in [1.82, 2.24) is 10.2 Å². The van der Waals surface area contributed by atoms with Crippen molar-refractivity contribution in [3.05, 3.63) is 0 Å². The maximum absolute atomic E-state index is 3.26. The normalized spacial score (nSPS) is 13.5. The second kappa shape index (κ2) is 9.47. The van der Waals surface area contributed by atoms with Gasteiger partial charge in [-0.25, -0.2) is 0 Å². The van der Waals surface area contributed by atoms with Crippen LogP contribution in [-0.4, -0.2) is 37.6 Å². The molecule has 0 saturated heterocycles. The molecule has 86 valence electrons. The third-order valence-electron chi connectivity index (χ3n) is 2.72. The zero-order valence-corrected chi connectivity index (χ0v) is 10.5. The fourth-order valence-electron chi connectivity index (χ4n) is 1.70. The van der Waals surface area contributed by atoms with Gasteiger partial charge in [0.25, 0.3) is 0 Å². The van der Waals surface area contributed by atoms with E-state index in [1.54, 1.807) is 0 Å². The minimum absolute atomic E-state index is 0.679. The number of unbranched alkanes of at least 4 members (excludes halogenated alkanes) is 2. The van der Waals surface area contributed by atoms with Gasteiger partial charge in [0, 0.05) is 12.6 Å². The average Bonchev–Trinajstić information content (AvgIpc) is 2.18. The molecular weight excluding hydrogens is 172 g/mol. The fraction of sp³-hybridized carbons (Fsp3) is 1.00. The Morgan fingerprint density at radius 3 is 1.93 bits per heavy atom. The molecule has 0 aromatic carbocycles. The van der Waals surface area contributed by atoms with Crippen LogP contribution in [0.3, 0.4) is 0 Å². The first-order valence-electron chi connectivity index (χ1n) is 6.14. The van der Waals surface area contributed by atoms with E-state index >= 15 is 0 Å². The van der Waals surface area contributed by atoms with E-state index in [9.17, 15) is 0 Å². The predicted molar refractivity (Wildman–Crippen MR) is 64.8 cm³/mol. The highest BCUT2D eigenvalue weighted by Crippen LogP contribution is 2.04. The maximum Gasteiger partial charge on any atom is 0.0192 e. The molecule has 0 spiro atoms. The molecule has 1 atom stereocenters. The molecule has 0 radical (unpaired) electrons. The summed E-state index contributed by atoms with van der Waals surface area (Å²) in [6, 6.07) is 0.679. The van der Waals surface area contributed by atoms with Gasteiger partial charge in [-0.05, 0) is 39.9 Å². The highest BCUT2D eigenvalue weighted by molar-refractivity contribution is 4.68. The van der Waals surface area contributed by atoms with Gasteiger partial charge in [-0.1, -0.05) is 26.7 Å². The van der Waals surface area contributed by atoms with Crippen LogP contribution in [0.4, 0.5) is 0 Å². The molecule has 0 aromatic rings. The smallest absolute Gasteiger partial charge is 0.0192 e. The van der Waals surface area contributed by atoms with Crippen LogP contribution in [0.5, 0.6) is 0 Å². The Balaban J connectivity index is 3.81. The summed E-state index contributed by atoms with van der Waals surface area (Å²) in [7, 11) is 2.04. The Labute approximate surface area is 90.1 Å². The molecule has 0 aliphatic carbocycles. The van der Waals surface area contributed by atoms with Crippen molar-refractivity contribution < 1.29 is 0 Å². The number of hydrogen-bond donors (Lipinski definition) is 1. The summed E-state index contributed by atoms with van der Waals surface area (Å²) in [4.78, 5) is 2.61. The number of nitrogens with zero attached hydrogens (tertiary/aromatic N) is 1. The van der Waals surface area contributed by atoms with Gasteiger partial charge in [0.1, 0.15) is 0 Å². The molecule has 1 unspecified atom stereocenters. The Hall–Kier alpha value is -0.0800. The van der Waals surface area contributed by atoms with Gasteiger partial charge in [0.2, 0.25) is 0 Å². The molecule has 14 heavy (non-hydrogen) atoms. The van der Waals surface area contributed by atoms with E-state index < -0.39 is 0 Å². The van der Waals surface area contributed by atoms with Crippen LogP contribution in [0, 0.1) is 0 Å². The van der Waals surface area contributed by atoms with Crippen molar-refractivity contribution in [3.8, 4) is 0 Å². The predicted octanol–water partition coefficient (Wildman–Crippen LogP) is 2.50. The quantitative estimate of drug-likeness (QED) is 0.615. The first-order valence-corrected chi connectivity index (χ1v) is 6.14. The van der Waals surface area contributed by atoms with Crippen LogP contribution in [0.2, 0.25) is 0 Å². The summed E-state index contributed by atoms with van der Waals surface area (Å²) in [5, 5.41) is 3.26. The Kier molecular flexibility index (Phi) is 9.42. The topological polar surface area (TPSA) is 15.3 Å². The molecule has 0 bridgehead atoms. The van der Waals surface area contributed by atoms with Crippen molar-refractivity contribution in [3.63, 3.8) is 0 Å². The summed E-state index contributed by atoms with van der Waals surface area (Å²) in [5.74, 6) is 0. The highest BCUT2D eigenvalue weighted by Gasteiger charge is 2.11. The van der Waals surface area contributed by atoms with E-state index in [4.69, 9.17) is 0 Å². The van der Waals surface area contributed by atoms with E-state index in [0.717, 1.165) is 6.54 Å². The lowest BCUT2D eigenvalue weighted by atomic mass is 10.2. The van der Waals surface area contributed by atoms with Crippen molar-refractivity contribution in [2.45, 2.75) is 52.5 Å². The summed E-state index contributed by atoms with van der Waals surface area (Å²) < 4.78 is 0. The van der Waals surface area contributed by atoms with Crippen LogP contribution in [0.25, 0.3) is 0 Å². The molecule has 0 rings (SSSR count). The van der Waals surface area contributed by atoms with E-state index in [1.165, 1.54) is 38.8 Å². The molecule has 0 fully saturated rings. The van der Waals surface area contributed by atoms with Gasteiger partial charge in [0.15, 0.2) is 0 Å². The van der Waals surface area contributed by atoms with Crippen LogP contribution >= 0.6 is 0 Å². The van der Waals surface area contributed by atoms with Gasteiger partial charge in [-0.2, -0.15) is 0 Å². The zero-order chi connectivity index (χ0) is 10.8. The molecule has 0 aliphatic heterocycles. The lowest BCUT2D eigenvalue weighted by Gasteiger charge is -2.28. The van der Waals surface area contributed by atoms with E-state index in [0.29, 0.717) is 6.04 Å². The van der Waals surface area contributed by atoms with E-state index in [2.05, 4.69) is 31.0 Å². The van der Waals surface area contributed by atoms with Gasteiger partial charge < -0.3 is 5.32 Å². The van der Waals surface area contributed by atoms with Crippen LogP contribution < -0.4 is 5.32 Å². The largest absolute Gasteiger partial charge is 0.318 e. The molecule has 0 heterocycles. The second-order valence-electron chi connectivity index (χ2n) is 4.15. The highest BCUT2D eigenvalue weighted by atomic mass is 15.2. The van der Waals surface area contributed by atoms with Crippen molar-refractivity contribution >= 4 is 0 Å². The molecule has 0 saturated carbocycles. The summed E-state index contributed by atoms with van der Waals surface area (Å²) in [6.45, 7) is 10.5. The molecule has 0 amide bonds. The molecular formula is C12H28N2. The molecule has 2 nitrogen and oxygen atoms in total. The number of hydrogen-bond acceptors (Lipinski definition) is 2. The fourth-order valence-corrected chi connectivity index (χ4v) is 1.70. The van der Waals surface area contributed by atoms with Crippen molar-refractivity contribution in [2.75, 3.05) is 26.7 Å². The lowest BCUT2D eigenvalue weighted by Crippen LogP contribution is -2.40. The average molecular weight is 200 g/mol. The standard InChI is InChI=1S/C12H28N2/c1-5-7-9-14(10-8-6-2)12(3)11-13-4/h12-13H,5-11H2,1-4H3. The van der Waals surface area contributed by atoms with E-state index in [1.807, 2.05) is 7.05 Å². The van der Waals surface area contributed by atoms with Gasteiger partial charge in [0.05, 0.1) is 0 Å². The minimum Gasteiger partial charge on any atom is -0.318 e. The Bertz CT molecular complexity index is 107. The summed E-state index contributed by atoms with van der Waals surface area (Å²) in [6.07, 6.45) is 5.26. The number of rotatable bonds is 9. The lowest BCUT2D eigenvalue weighted by molar-refractivity contribution is 0.200. The van der Waals surface area contributed by atoms with Crippen molar-refractivity contribution in [1.29, 1.82) is 0 Å². The monoisotopic (exact) mass is 200 g/mol. The van der Waals surface area contributed by atoms with Crippen LogP contribution in [0.15, 0.2) is 0 Å². The molecule has 2 heteroatoms.